The zero-order valence-electron chi connectivity index (χ0n) is 39.7. The summed E-state index contributed by atoms with van der Waals surface area (Å²) in [5.74, 6) is -4.30. The number of imide groups is 1. The summed E-state index contributed by atoms with van der Waals surface area (Å²) < 4.78 is 18.7. The molecule has 1 saturated heterocycles. The van der Waals surface area contributed by atoms with Gasteiger partial charge in [0.05, 0.1) is 12.2 Å². The van der Waals surface area contributed by atoms with Crippen LogP contribution in [0.3, 0.4) is 0 Å². The molecular formula is C46H66N8O14. The van der Waals surface area contributed by atoms with Gasteiger partial charge in [0.1, 0.15) is 12.1 Å². The zero-order valence-corrected chi connectivity index (χ0v) is 39.7. The van der Waals surface area contributed by atoms with Crippen LogP contribution in [0.2, 0.25) is 0 Å². The summed E-state index contributed by atoms with van der Waals surface area (Å²) in [6.07, 6.45) is 6.84. The van der Waals surface area contributed by atoms with Crippen molar-refractivity contribution in [3.8, 4) is 0 Å². The first-order valence-electron chi connectivity index (χ1n) is 23.3. The van der Waals surface area contributed by atoms with Gasteiger partial charge in [0.25, 0.3) is 17.7 Å². The normalized spacial score (nSPS) is 30.9. The molecule has 374 valence electrons. The number of rotatable bonds is 18. The highest BCUT2D eigenvalue weighted by Gasteiger charge is 2.76. The lowest BCUT2D eigenvalue weighted by molar-refractivity contribution is -0.200. The molecule has 6 aliphatic rings. The monoisotopic (exact) mass is 954 g/mol. The Balaban J connectivity index is 1.03. The van der Waals surface area contributed by atoms with Crippen LogP contribution in [0, 0.1) is 34.5 Å². The number of hydrogen-bond donors (Lipinski definition) is 6. The maximum Gasteiger partial charge on any atom is 0.433 e. The van der Waals surface area contributed by atoms with Crippen LogP contribution in [0.25, 0.3) is 0 Å². The summed E-state index contributed by atoms with van der Waals surface area (Å²) in [7, 11) is 2.76. The molecular weight excluding hydrogens is 889 g/mol. The van der Waals surface area contributed by atoms with Gasteiger partial charge in [-0.3, -0.25) is 28.8 Å². The number of aliphatic hydroxyl groups is 1. The highest BCUT2D eigenvalue weighted by molar-refractivity contribution is 6.12. The van der Waals surface area contributed by atoms with E-state index in [9.17, 15) is 48.3 Å². The lowest BCUT2D eigenvalue weighted by atomic mass is 9.46. The Kier molecular flexibility index (Phi) is 15.9. The fraction of sp³-hybridized carbons (Fsp3) is 0.674. The number of nitrogens with two attached hydrogens (primary N) is 1. The van der Waals surface area contributed by atoms with Crippen LogP contribution in [0.1, 0.15) is 86.0 Å². The van der Waals surface area contributed by atoms with Gasteiger partial charge in [-0.15, -0.1) is 0 Å². The van der Waals surface area contributed by atoms with Gasteiger partial charge in [-0.2, -0.15) is 5.48 Å². The van der Waals surface area contributed by atoms with Crippen molar-refractivity contribution in [1.29, 1.82) is 0 Å². The van der Waals surface area contributed by atoms with E-state index in [-0.39, 0.29) is 62.4 Å². The number of amides is 8. The predicted octanol–water partition coefficient (Wildman–Crippen LogP) is 1.28. The van der Waals surface area contributed by atoms with E-state index in [2.05, 4.69) is 23.0 Å². The molecule has 22 heteroatoms. The van der Waals surface area contributed by atoms with E-state index in [4.69, 9.17) is 24.8 Å². The molecule has 0 bridgehead atoms. The van der Waals surface area contributed by atoms with Crippen LogP contribution in [0.15, 0.2) is 36.0 Å². The van der Waals surface area contributed by atoms with Crippen molar-refractivity contribution in [2.45, 2.75) is 122 Å². The Bertz CT molecular complexity index is 2110. The molecule has 8 amide bonds. The van der Waals surface area contributed by atoms with Gasteiger partial charge < -0.3 is 50.3 Å². The highest BCUT2D eigenvalue weighted by atomic mass is 16.7. The Morgan fingerprint density at radius 3 is 2.32 bits per heavy atom. The summed E-state index contributed by atoms with van der Waals surface area (Å²) >= 11 is 0. The summed E-state index contributed by atoms with van der Waals surface area (Å²) in [6, 6.07) is -3.27. The summed E-state index contributed by atoms with van der Waals surface area (Å²) in [4.78, 5) is 123. The number of urea groups is 1. The average molecular weight is 955 g/mol. The maximum absolute atomic E-state index is 14.6. The number of nitrogens with one attached hydrogen (secondary N) is 4. The number of Topliss-reactive ketones (excluding diaryl/α,β-unsaturated/α-hetero) is 1. The second kappa shape index (κ2) is 20.9. The molecule has 0 aromatic heterocycles. The van der Waals surface area contributed by atoms with E-state index in [0.29, 0.717) is 24.3 Å². The summed E-state index contributed by atoms with van der Waals surface area (Å²) in [6.45, 7) is 8.56. The topological polar surface area (TPSA) is 295 Å². The predicted molar refractivity (Wildman–Crippen MR) is 239 cm³/mol. The number of likely N-dealkylation sites (N-methyl/N-ethyl adjacent to an activating group) is 2. The zero-order chi connectivity index (χ0) is 49.9. The smallest absolute Gasteiger partial charge is 0.433 e. The SMILES string of the molecule is CCCC1O[C@H]2C[C@H]3[C@@H]4CCC5=CC(=O)C=C[C@]5(C)[C@H]4[C@@H](O)C[C@]3(C)[C@]2(C(=O)COC(=O)N(C)CCN(C)C(=O)ONC(=O)[C@H](CCCNC(N)=O)NC(=O)[C@@H](NN2C(=O)C=CC2=O)C(C)C)O1. The van der Waals surface area contributed by atoms with Gasteiger partial charge in [-0.05, 0) is 74.9 Å². The van der Waals surface area contributed by atoms with Crippen LogP contribution < -0.4 is 27.3 Å². The Morgan fingerprint density at radius 1 is 1.00 bits per heavy atom. The first-order chi connectivity index (χ1) is 32.1. The Labute approximate surface area is 395 Å². The first-order valence-corrected chi connectivity index (χ1v) is 23.3. The minimum absolute atomic E-state index is 0.00613. The number of aliphatic hydroxyl groups excluding tert-OH is 1. The number of ketones is 2. The number of fused-ring (bicyclic) bond motifs is 7. The summed E-state index contributed by atoms with van der Waals surface area (Å²) in [5.41, 5.74) is 7.89. The van der Waals surface area contributed by atoms with Crippen molar-refractivity contribution in [2.24, 2.45) is 40.2 Å². The molecule has 2 aliphatic heterocycles. The molecule has 0 radical (unpaired) electrons. The van der Waals surface area contributed by atoms with E-state index >= 15 is 0 Å². The number of ether oxygens (including phenoxy) is 3. The lowest BCUT2D eigenvalue weighted by Gasteiger charge is -2.59. The summed E-state index contributed by atoms with van der Waals surface area (Å²) in [5, 5.41) is 17.6. The molecule has 7 N–H and O–H groups in total. The van der Waals surface area contributed by atoms with Crippen LogP contribution in [0.4, 0.5) is 14.4 Å². The highest BCUT2D eigenvalue weighted by Crippen LogP contribution is 2.69. The van der Waals surface area contributed by atoms with Gasteiger partial charge in [0.15, 0.2) is 24.3 Å². The number of carbonyl (C=O) groups excluding carboxylic acids is 9. The molecule has 0 aromatic rings. The van der Waals surface area contributed by atoms with Crippen molar-refractivity contribution in [1.82, 2.24) is 36.3 Å². The third kappa shape index (κ3) is 10.2. The molecule has 0 aromatic carbocycles. The molecule has 0 spiro atoms. The van der Waals surface area contributed by atoms with Gasteiger partial charge in [-0.25, -0.2) is 24.8 Å². The number of carbonyl (C=O) groups is 9. The molecule has 1 unspecified atom stereocenters. The quantitative estimate of drug-likeness (QED) is 0.0641. The van der Waals surface area contributed by atoms with Crippen LogP contribution in [-0.4, -0.2) is 150 Å². The van der Waals surface area contributed by atoms with Crippen molar-refractivity contribution < 1.29 is 67.3 Å². The molecule has 22 nitrogen and oxygen atoms in total. The molecule has 11 atom stereocenters. The first kappa shape index (κ1) is 51.7. The average Bonchev–Trinajstić information content (AvgIpc) is 3.90. The second-order valence-electron chi connectivity index (χ2n) is 19.5. The van der Waals surface area contributed by atoms with E-state index < -0.39 is 107 Å². The van der Waals surface area contributed by atoms with E-state index in [1.807, 2.05) is 25.4 Å². The van der Waals surface area contributed by atoms with Crippen molar-refractivity contribution in [2.75, 3.05) is 40.3 Å². The van der Waals surface area contributed by atoms with E-state index in [0.717, 1.165) is 40.4 Å². The van der Waals surface area contributed by atoms with Crippen molar-refractivity contribution in [3.05, 3.63) is 36.0 Å². The molecule has 3 saturated carbocycles. The largest absolute Gasteiger partial charge is 0.441 e. The minimum atomic E-state index is -1.49. The van der Waals surface area contributed by atoms with Gasteiger partial charge in [0, 0.05) is 62.6 Å². The number of hydrazine groups is 1. The van der Waals surface area contributed by atoms with Gasteiger partial charge >= 0.3 is 18.2 Å². The van der Waals surface area contributed by atoms with Gasteiger partial charge in [0.2, 0.25) is 11.7 Å². The number of nitrogens with zero attached hydrogens (tertiary/aromatic N) is 3. The third-order valence-electron chi connectivity index (χ3n) is 14.8. The van der Waals surface area contributed by atoms with Crippen LogP contribution >= 0.6 is 0 Å². The number of hydroxylamine groups is 1. The van der Waals surface area contributed by atoms with Crippen LogP contribution in [0.5, 0.6) is 0 Å². The number of primary amides is 1. The van der Waals surface area contributed by atoms with Crippen LogP contribution in [-0.2, 0) is 47.8 Å². The Morgan fingerprint density at radius 2 is 1.68 bits per heavy atom. The Hall–Kier alpha value is -5.71. The van der Waals surface area contributed by atoms with Gasteiger partial charge in [-0.1, -0.05) is 52.7 Å². The van der Waals surface area contributed by atoms with Crippen molar-refractivity contribution >= 4 is 53.4 Å². The molecule has 68 heavy (non-hydrogen) atoms. The molecule has 4 fully saturated rings. The third-order valence-corrected chi connectivity index (χ3v) is 14.8. The lowest BCUT2D eigenvalue weighted by Crippen LogP contribution is -2.63. The fourth-order valence-corrected chi connectivity index (χ4v) is 11.3. The number of hydrogen-bond acceptors (Lipinski definition) is 15. The standard InChI is InChI=1S/C46H66N8O14/c1-8-10-36-66-33-22-29-28-13-12-26-21-27(55)16-17-44(26,4)37(28)31(56)23-45(29,5)46(33,67-36)32(57)24-65-42(63)52(6)19-20-53(7)43(64)68-51-39(60)30(11-9-18-48-41(47)62)49-40(61)38(25(2)3)50-54-34(58)14-15-35(54)59/h14-17,21,25,28-31,33,36-38,50,56H,8-13,18-20,22-24H2,1-7H3,(H,49,61)(H,51,60)(H3,47,48,62)/t28-,29-,30-,31-,33-,36?,37+,38-,44-,45-,46+/m0/s1. The minimum Gasteiger partial charge on any atom is -0.441 e. The fourth-order valence-electron chi connectivity index (χ4n) is 11.3. The van der Waals surface area contributed by atoms with E-state index in [1.54, 1.807) is 26.0 Å². The molecule has 4 aliphatic carbocycles. The molecule has 6 rings (SSSR count). The second-order valence-corrected chi connectivity index (χ2v) is 19.5. The van der Waals surface area contributed by atoms with Crippen molar-refractivity contribution in [3.63, 3.8) is 0 Å². The maximum atomic E-state index is 14.6. The van der Waals surface area contributed by atoms with E-state index in [1.165, 1.54) is 14.1 Å². The molecule has 2 heterocycles. The number of allylic oxidation sites excluding steroid dienone is 4.